The number of nitrogens with one attached hydrogen (secondary N) is 1. The topological polar surface area (TPSA) is 77.6 Å². The summed E-state index contributed by atoms with van der Waals surface area (Å²) >= 11 is 3.42. The molecule has 0 atom stereocenters. The van der Waals surface area contributed by atoms with Crippen LogP contribution in [0.5, 0.6) is 0 Å². The highest BCUT2D eigenvalue weighted by Crippen LogP contribution is 2.18. The Bertz CT molecular complexity index is 1100. The lowest BCUT2D eigenvalue weighted by Crippen LogP contribution is -2.14. The third kappa shape index (κ3) is 3.86. The summed E-state index contributed by atoms with van der Waals surface area (Å²) in [4.78, 5) is 16.9. The number of aromatic nitrogens is 5. The molecule has 140 valence electrons. The normalized spacial score (nSPS) is 10.8. The van der Waals surface area contributed by atoms with E-state index in [1.165, 1.54) is 0 Å². The van der Waals surface area contributed by atoms with Gasteiger partial charge in [0.05, 0.1) is 35.4 Å². The number of carbonyl (C=O) groups excluding carboxylic acids is 1. The number of anilines is 1. The van der Waals surface area contributed by atoms with Crippen LogP contribution in [0.25, 0.3) is 5.69 Å². The van der Waals surface area contributed by atoms with Crippen molar-refractivity contribution in [2.45, 2.75) is 13.5 Å². The second kappa shape index (κ2) is 7.77. The van der Waals surface area contributed by atoms with Crippen molar-refractivity contribution in [3.05, 3.63) is 88.5 Å². The number of benzene rings is 1. The van der Waals surface area contributed by atoms with Crippen molar-refractivity contribution in [2.75, 3.05) is 5.32 Å². The molecule has 0 fully saturated rings. The minimum Gasteiger partial charge on any atom is -0.305 e. The number of rotatable bonds is 5. The fourth-order valence-electron chi connectivity index (χ4n) is 2.83. The number of carbonyl (C=O) groups is 1. The van der Waals surface area contributed by atoms with Crippen LogP contribution in [0.2, 0.25) is 0 Å². The van der Waals surface area contributed by atoms with Crippen LogP contribution in [0.15, 0.2) is 71.6 Å². The van der Waals surface area contributed by atoms with Gasteiger partial charge in [-0.25, -0.2) is 4.68 Å². The van der Waals surface area contributed by atoms with Crippen molar-refractivity contribution in [3.63, 3.8) is 0 Å². The Morgan fingerprint density at radius 1 is 1.14 bits per heavy atom. The number of pyridine rings is 1. The average Bonchev–Trinajstić information content (AvgIpc) is 3.29. The van der Waals surface area contributed by atoms with Gasteiger partial charge in [-0.15, -0.1) is 0 Å². The van der Waals surface area contributed by atoms with Gasteiger partial charge in [0.1, 0.15) is 0 Å². The van der Waals surface area contributed by atoms with Crippen LogP contribution in [-0.4, -0.2) is 30.5 Å². The molecule has 1 aromatic carbocycles. The van der Waals surface area contributed by atoms with Gasteiger partial charge in [-0.3, -0.25) is 14.5 Å². The lowest BCUT2D eigenvalue weighted by Gasteiger charge is -2.06. The van der Waals surface area contributed by atoms with Gasteiger partial charge in [0.15, 0.2) is 5.82 Å². The van der Waals surface area contributed by atoms with Gasteiger partial charge in [-0.2, -0.15) is 10.2 Å². The second-order valence-corrected chi connectivity index (χ2v) is 7.12. The highest BCUT2D eigenvalue weighted by molar-refractivity contribution is 9.10. The Hall–Kier alpha value is -3.26. The fraction of sp³-hybridized carbons (Fsp3) is 0.100. The minimum atomic E-state index is -0.246. The van der Waals surface area contributed by atoms with E-state index >= 15 is 0 Å². The monoisotopic (exact) mass is 436 g/mol. The summed E-state index contributed by atoms with van der Waals surface area (Å²) < 4.78 is 4.46. The molecule has 4 rings (SSSR count). The molecule has 0 saturated carbocycles. The van der Waals surface area contributed by atoms with Crippen LogP contribution in [0.3, 0.4) is 0 Å². The van der Waals surface area contributed by atoms with Crippen LogP contribution < -0.4 is 5.32 Å². The summed E-state index contributed by atoms with van der Waals surface area (Å²) in [5.74, 6) is 0.237. The van der Waals surface area contributed by atoms with E-state index in [1.807, 2.05) is 55.6 Å². The molecule has 4 aromatic rings. The molecule has 0 spiro atoms. The molecule has 0 saturated heterocycles. The predicted molar refractivity (Wildman–Crippen MR) is 110 cm³/mol. The SMILES string of the molecule is Cc1c(C(=O)Nc2ccn(Cc3ccccn3)n2)cnn1-c1ccc(Br)cc1. The molecule has 1 N–H and O–H groups in total. The number of hydrogen-bond acceptors (Lipinski definition) is 4. The van der Waals surface area contributed by atoms with Crippen LogP contribution in [0.1, 0.15) is 21.7 Å². The van der Waals surface area contributed by atoms with E-state index in [0.29, 0.717) is 17.9 Å². The summed E-state index contributed by atoms with van der Waals surface area (Å²) in [6, 6.07) is 15.2. The van der Waals surface area contributed by atoms with Crippen molar-refractivity contribution >= 4 is 27.7 Å². The van der Waals surface area contributed by atoms with E-state index in [1.54, 1.807) is 27.8 Å². The van der Waals surface area contributed by atoms with Crippen molar-refractivity contribution in [1.82, 2.24) is 24.5 Å². The molecule has 0 unspecified atom stereocenters. The van der Waals surface area contributed by atoms with Gasteiger partial charge < -0.3 is 5.32 Å². The zero-order valence-corrected chi connectivity index (χ0v) is 16.7. The molecule has 3 aromatic heterocycles. The molecule has 0 bridgehead atoms. The van der Waals surface area contributed by atoms with Gasteiger partial charge >= 0.3 is 0 Å². The molecule has 8 heteroatoms. The summed E-state index contributed by atoms with van der Waals surface area (Å²) in [5.41, 5.74) is 3.05. The number of halogens is 1. The first-order valence-corrected chi connectivity index (χ1v) is 9.45. The van der Waals surface area contributed by atoms with Gasteiger partial charge in [-0.1, -0.05) is 22.0 Å². The van der Waals surface area contributed by atoms with Crippen LogP contribution in [0, 0.1) is 6.92 Å². The largest absolute Gasteiger partial charge is 0.305 e. The molecule has 3 heterocycles. The molecular weight excluding hydrogens is 420 g/mol. The maximum Gasteiger partial charge on any atom is 0.260 e. The van der Waals surface area contributed by atoms with Crippen LogP contribution >= 0.6 is 15.9 Å². The van der Waals surface area contributed by atoms with E-state index in [9.17, 15) is 4.79 Å². The zero-order chi connectivity index (χ0) is 19.5. The summed E-state index contributed by atoms with van der Waals surface area (Å²) in [5, 5.41) is 11.6. The van der Waals surface area contributed by atoms with Gasteiger partial charge in [0.2, 0.25) is 0 Å². The standard InChI is InChI=1S/C20H17BrN6O/c1-14-18(12-23-27(14)17-7-5-15(21)6-8-17)20(28)24-19-9-11-26(25-19)13-16-4-2-3-10-22-16/h2-12H,13H2,1H3,(H,24,25,28). The van der Waals surface area contributed by atoms with E-state index in [-0.39, 0.29) is 5.91 Å². The number of amides is 1. The lowest BCUT2D eigenvalue weighted by atomic mass is 10.2. The van der Waals surface area contributed by atoms with E-state index in [0.717, 1.165) is 21.5 Å². The molecule has 1 amide bonds. The Labute approximate surface area is 170 Å². The molecule has 0 aliphatic rings. The lowest BCUT2D eigenvalue weighted by molar-refractivity contribution is 0.102. The first kappa shape index (κ1) is 18.1. The fourth-order valence-corrected chi connectivity index (χ4v) is 3.10. The maximum atomic E-state index is 12.7. The van der Waals surface area contributed by atoms with Gasteiger partial charge in [-0.05, 0) is 43.3 Å². The smallest absolute Gasteiger partial charge is 0.260 e. The van der Waals surface area contributed by atoms with Crippen LogP contribution in [0.4, 0.5) is 5.82 Å². The Balaban J connectivity index is 1.48. The van der Waals surface area contributed by atoms with Gasteiger partial charge in [0.25, 0.3) is 5.91 Å². The third-order valence-electron chi connectivity index (χ3n) is 4.26. The number of hydrogen-bond donors (Lipinski definition) is 1. The van der Waals surface area contributed by atoms with E-state index in [2.05, 4.69) is 36.4 Å². The first-order chi connectivity index (χ1) is 13.6. The molecule has 28 heavy (non-hydrogen) atoms. The summed E-state index contributed by atoms with van der Waals surface area (Å²) in [6.45, 7) is 2.40. The highest BCUT2D eigenvalue weighted by Gasteiger charge is 2.16. The average molecular weight is 437 g/mol. The van der Waals surface area contributed by atoms with Crippen LogP contribution in [-0.2, 0) is 6.54 Å². The molecule has 0 radical (unpaired) electrons. The predicted octanol–water partition coefficient (Wildman–Crippen LogP) is 3.84. The molecule has 7 nitrogen and oxygen atoms in total. The highest BCUT2D eigenvalue weighted by atomic mass is 79.9. The minimum absolute atomic E-state index is 0.246. The number of nitrogens with zero attached hydrogens (tertiary/aromatic N) is 5. The van der Waals surface area contributed by atoms with Crippen molar-refractivity contribution < 1.29 is 4.79 Å². The molecular formula is C20H17BrN6O. The maximum absolute atomic E-state index is 12.7. The van der Waals surface area contributed by atoms with E-state index in [4.69, 9.17) is 0 Å². The van der Waals surface area contributed by atoms with Crippen molar-refractivity contribution in [1.29, 1.82) is 0 Å². The third-order valence-corrected chi connectivity index (χ3v) is 4.79. The Morgan fingerprint density at radius 2 is 1.96 bits per heavy atom. The summed E-state index contributed by atoms with van der Waals surface area (Å²) in [7, 11) is 0. The Kier molecular flexibility index (Phi) is 5.03. The molecule has 0 aliphatic heterocycles. The van der Waals surface area contributed by atoms with Crippen molar-refractivity contribution in [3.8, 4) is 5.69 Å². The second-order valence-electron chi connectivity index (χ2n) is 6.21. The zero-order valence-electron chi connectivity index (χ0n) is 15.1. The summed E-state index contributed by atoms with van der Waals surface area (Å²) in [6.07, 6.45) is 5.12. The quantitative estimate of drug-likeness (QED) is 0.515. The van der Waals surface area contributed by atoms with E-state index < -0.39 is 0 Å². The van der Waals surface area contributed by atoms with Gasteiger partial charge in [0, 0.05) is 22.9 Å². The van der Waals surface area contributed by atoms with Crippen molar-refractivity contribution in [2.24, 2.45) is 0 Å². The Morgan fingerprint density at radius 3 is 2.71 bits per heavy atom. The molecule has 0 aliphatic carbocycles. The first-order valence-electron chi connectivity index (χ1n) is 8.65.